The van der Waals surface area contributed by atoms with Gasteiger partial charge in [0.1, 0.15) is 0 Å². The second-order valence-corrected chi connectivity index (χ2v) is 3.87. The van der Waals surface area contributed by atoms with Gasteiger partial charge in [-0.1, -0.05) is 6.92 Å². The fourth-order valence-corrected chi connectivity index (χ4v) is 1.35. The molecular formula is C8H17NO. The summed E-state index contributed by atoms with van der Waals surface area (Å²) < 4.78 is 5.57. The molecule has 2 heteroatoms. The molecule has 1 aliphatic heterocycles. The molecule has 1 heterocycles. The zero-order chi connectivity index (χ0) is 7.83. The quantitative estimate of drug-likeness (QED) is 0.597. The first-order valence-electron chi connectivity index (χ1n) is 3.86. The van der Waals surface area contributed by atoms with Gasteiger partial charge in [-0.15, -0.1) is 0 Å². The van der Waals surface area contributed by atoms with Gasteiger partial charge in [-0.3, -0.25) is 0 Å². The maximum Gasteiger partial charge on any atom is 0.0692 e. The maximum absolute atomic E-state index is 5.66. The van der Waals surface area contributed by atoms with Crippen LogP contribution in [0.2, 0.25) is 0 Å². The molecule has 1 rings (SSSR count). The van der Waals surface area contributed by atoms with Gasteiger partial charge in [0.15, 0.2) is 0 Å². The van der Waals surface area contributed by atoms with Crippen LogP contribution in [0.5, 0.6) is 0 Å². The Morgan fingerprint density at radius 3 is 2.20 bits per heavy atom. The first kappa shape index (κ1) is 8.02. The first-order valence-corrected chi connectivity index (χ1v) is 3.86. The van der Waals surface area contributed by atoms with Crippen molar-refractivity contribution in [2.75, 3.05) is 13.2 Å². The van der Waals surface area contributed by atoms with Crippen LogP contribution in [0.1, 0.15) is 27.2 Å². The Morgan fingerprint density at radius 2 is 2.00 bits per heavy atom. The average molecular weight is 143 g/mol. The van der Waals surface area contributed by atoms with Gasteiger partial charge in [0.2, 0.25) is 0 Å². The summed E-state index contributed by atoms with van der Waals surface area (Å²) in [7, 11) is 0. The Bertz CT molecular complexity index is 133. The van der Waals surface area contributed by atoms with E-state index in [9.17, 15) is 0 Å². The fraction of sp³-hybridized carbons (Fsp3) is 1.00. The van der Waals surface area contributed by atoms with Gasteiger partial charge in [0.05, 0.1) is 5.60 Å². The molecule has 0 amide bonds. The molecule has 0 saturated carbocycles. The van der Waals surface area contributed by atoms with Crippen molar-refractivity contribution in [2.45, 2.75) is 32.8 Å². The second-order valence-electron chi connectivity index (χ2n) is 3.87. The van der Waals surface area contributed by atoms with Crippen molar-refractivity contribution >= 4 is 0 Å². The zero-order valence-corrected chi connectivity index (χ0v) is 7.11. The summed E-state index contributed by atoms with van der Waals surface area (Å²) in [5.74, 6) is 0. The molecule has 2 N–H and O–H groups in total. The van der Waals surface area contributed by atoms with Crippen LogP contribution < -0.4 is 5.73 Å². The molecular weight excluding hydrogens is 126 g/mol. The monoisotopic (exact) mass is 143 g/mol. The molecule has 1 atom stereocenters. The van der Waals surface area contributed by atoms with Gasteiger partial charge in [0.25, 0.3) is 0 Å². The third kappa shape index (κ3) is 0.956. The molecule has 1 fully saturated rings. The molecule has 0 aromatic carbocycles. The molecule has 0 aromatic heterocycles. The number of ether oxygens (including phenoxy) is 1. The lowest BCUT2D eigenvalue weighted by molar-refractivity contribution is -0.0219. The summed E-state index contributed by atoms with van der Waals surface area (Å²) in [5.41, 5.74) is 5.83. The summed E-state index contributed by atoms with van der Waals surface area (Å²) in [4.78, 5) is 0. The van der Waals surface area contributed by atoms with Gasteiger partial charge in [-0.05, 0) is 20.3 Å². The van der Waals surface area contributed by atoms with E-state index in [0.717, 1.165) is 19.6 Å². The Balaban J connectivity index is 2.76. The molecule has 1 saturated heterocycles. The molecule has 1 aliphatic rings. The topological polar surface area (TPSA) is 35.2 Å². The fourth-order valence-electron chi connectivity index (χ4n) is 1.35. The van der Waals surface area contributed by atoms with Crippen molar-refractivity contribution in [3.63, 3.8) is 0 Å². The Labute approximate surface area is 62.7 Å². The molecule has 60 valence electrons. The van der Waals surface area contributed by atoms with E-state index in [0.29, 0.717) is 0 Å². The number of hydrogen-bond acceptors (Lipinski definition) is 2. The number of nitrogens with two attached hydrogens (primary N) is 1. The SMILES string of the molecule is CC1(CN)CCOC1(C)C. The minimum absolute atomic E-state index is 0.0260. The van der Waals surface area contributed by atoms with Crippen LogP contribution in [0.25, 0.3) is 0 Å². The molecule has 0 radical (unpaired) electrons. The smallest absolute Gasteiger partial charge is 0.0692 e. The lowest BCUT2D eigenvalue weighted by Crippen LogP contribution is -2.42. The standard InChI is InChI=1S/C8H17NO/c1-7(2)8(3,6-9)4-5-10-7/h4-6,9H2,1-3H3. The van der Waals surface area contributed by atoms with Crippen LogP contribution in [-0.4, -0.2) is 18.8 Å². The van der Waals surface area contributed by atoms with Crippen LogP contribution in [0, 0.1) is 5.41 Å². The first-order chi connectivity index (χ1) is 4.52. The largest absolute Gasteiger partial charge is 0.375 e. The summed E-state index contributed by atoms with van der Waals surface area (Å²) in [6.45, 7) is 8.01. The van der Waals surface area contributed by atoms with Crippen molar-refractivity contribution in [2.24, 2.45) is 11.1 Å². The summed E-state index contributed by atoms with van der Waals surface area (Å²) >= 11 is 0. The minimum atomic E-state index is -0.0260. The molecule has 1 unspecified atom stereocenters. The van der Waals surface area contributed by atoms with E-state index in [2.05, 4.69) is 20.8 Å². The molecule has 0 aliphatic carbocycles. The third-order valence-corrected chi connectivity index (χ3v) is 3.02. The molecule has 0 spiro atoms. The average Bonchev–Trinajstić information content (AvgIpc) is 2.10. The van der Waals surface area contributed by atoms with Crippen molar-refractivity contribution in [1.82, 2.24) is 0 Å². The highest BCUT2D eigenvalue weighted by Gasteiger charge is 2.45. The van der Waals surface area contributed by atoms with E-state index in [-0.39, 0.29) is 11.0 Å². The van der Waals surface area contributed by atoms with Crippen LogP contribution in [-0.2, 0) is 4.74 Å². The lowest BCUT2D eigenvalue weighted by atomic mass is 9.75. The lowest BCUT2D eigenvalue weighted by Gasteiger charge is -2.35. The summed E-state index contributed by atoms with van der Waals surface area (Å²) in [6, 6.07) is 0. The Morgan fingerprint density at radius 1 is 1.40 bits per heavy atom. The number of hydrogen-bond donors (Lipinski definition) is 1. The molecule has 0 bridgehead atoms. The predicted octanol–water partition coefficient (Wildman–Crippen LogP) is 1.15. The molecule has 2 nitrogen and oxygen atoms in total. The van der Waals surface area contributed by atoms with E-state index in [4.69, 9.17) is 10.5 Å². The van der Waals surface area contributed by atoms with Crippen molar-refractivity contribution in [3.05, 3.63) is 0 Å². The molecule has 10 heavy (non-hydrogen) atoms. The van der Waals surface area contributed by atoms with Crippen molar-refractivity contribution in [3.8, 4) is 0 Å². The van der Waals surface area contributed by atoms with E-state index in [1.165, 1.54) is 0 Å². The van der Waals surface area contributed by atoms with Gasteiger partial charge in [-0.2, -0.15) is 0 Å². The van der Waals surface area contributed by atoms with Crippen molar-refractivity contribution < 1.29 is 4.74 Å². The Hall–Kier alpha value is -0.0800. The highest BCUT2D eigenvalue weighted by atomic mass is 16.5. The van der Waals surface area contributed by atoms with Crippen LogP contribution >= 0.6 is 0 Å². The normalized spacial score (nSPS) is 38.4. The van der Waals surface area contributed by atoms with E-state index in [1.54, 1.807) is 0 Å². The van der Waals surface area contributed by atoms with Crippen molar-refractivity contribution in [1.29, 1.82) is 0 Å². The van der Waals surface area contributed by atoms with Gasteiger partial charge >= 0.3 is 0 Å². The van der Waals surface area contributed by atoms with Crippen LogP contribution in [0.15, 0.2) is 0 Å². The number of rotatable bonds is 1. The van der Waals surface area contributed by atoms with Gasteiger partial charge < -0.3 is 10.5 Å². The molecule has 0 aromatic rings. The highest BCUT2D eigenvalue weighted by molar-refractivity contribution is 4.95. The van der Waals surface area contributed by atoms with Gasteiger partial charge in [-0.25, -0.2) is 0 Å². The Kier molecular flexibility index (Phi) is 1.77. The summed E-state index contributed by atoms with van der Waals surface area (Å²) in [6.07, 6.45) is 1.09. The predicted molar refractivity (Wildman–Crippen MR) is 41.8 cm³/mol. The van der Waals surface area contributed by atoms with Crippen LogP contribution in [0.4, 0.5) is 0 Å². The zero-order valence-electron chi connectivity index (χ0n) is 7.11. The maximum atomic E-state index is 5.66. The van der Waals surface area contributed by atoms with E-state index >= 15 is 0 Å². The minimum Gasteiger partial charge on any atom is -0.375 e. The van der Waals surface area contributed by atoms with Gasteiger partial charge in [0, 0.05) is 18.6 Å². The summed E-state index contributed by atoms with van der Waals surface area (Å²) in [5, 5.41) is 0. The van der Waals surface area contributed by atoms with E-state index < -0.39 is 0 Å². The van der Waals surface area contributed by atoms with E-state index in [1.807, 2.05) is 0 Å². The third-order valence-electron chi connectivity index (χ3n) is 3.02. The van der Waals surface area contributed by atoms with Crippen LogP contribution in [0.3, 0.4) is 0 Å². The highest BCUT2D eigenvalue weighted by Crippen LogP contribution is 2.41. The second kappa shape index (κ2) is 2.21.